The Hall–Kier alpha value is -0.800. The molecule has 0 aromatic heterocycles. The number of nitrogens with two attached hydrogens (primary N) is 1. The molecule has 2 nitrogen and oxygen atoms in total. The molecular formula is C11H13ClFNO. The highest BCUT2D eigenvalue weighted by Gasteiger charge is 2.43. The lowest BCUT2D eigenvalue weighted by Crippen LogP contribution is -2.19. The van der Waals surface area contributed by atoms with E-state index in [0.717, 1.165) is 18.4 Å². The molecule has 1 aromatic carbocycles. The van der Waals surface area contributed by atoms with Crippen molar-refractivity contribution in [2.45, 2.75) is 18.3 Å². The summed E-state index contributed by atoms with van der Waals surface area (Å²) in [5.74, 6) is -0.312. The van der Waals surface area contributed by atoms with Gasteiger partial charge in [-0.05, 0) is 30.5 Å². The van der Waals surface area contributed by atoms with Crippen molar-refractivity contribution in [3.63, 3.8) is 0 Å². The molecule has 1 aromatic rings. The predicted molar refractivity (Wildman–Crippen MR) is 57.9 cm³/mol. The van der Waals surface area contributed by atoms with Crippen LogP contribution in [0.4, 0.5) is 4.39 Å². The third-order valence-corrected chi connectivity index (χ3v) is 3.35. The molecule has 1 saturated carbocycles. The molecule has 0 heterocycles. The number of hydrogen-bond acceptors (Lipinski definition) is 2. The summed E-state index contributed by atoms with van der Waals surface area (Å²) in [6.07, 6.45) is 2.07. The molecule has 82 valence electrons. The average Bonchev–Trinajstić information content (AvgIpc) is 3.02. The van der Waals surface area contributed by atoms with E-state index < -0.39 is 5.82 Å². The number of benzene rings is 1. The normalized spacial score (nSPS) is 17.6. The van der Waals surface area contributed by atoms with Gasteiger partial charge in [0.2, 0.25) is 0 Å². The molecule has 2 N–H and O–H groups in total. The number of rotatable bonds is 3. The van der Waals surface area contributed by atoms with Crippen molar-refractivity contribution in [2.75, 3.05) is 13.7 Å². The Morgan fingerprint density at radius 1 is 1.53 bits per heavy atom. The SMILES string of the molecule is COc1cc(C2(CN)CC2)cc(Cl)c1F. The van der Waals surface area contributed by atoms with Gasteiger partial charge in [-0.3, -0.25) is 0 Å². The van der Waals surface area contributed by atoms with E-state index in [1.165, 1.54) is 7.11 Å². The van der Waals surface area contributed by atoms with Crippen LogP contribution in [0.1, 0.15) is 18.4 Å². The van der Waals surface area contributed by atoms with Crippen LogP contribution in [-0.4, -0.2) is 13.7 Å². The molecule has 0 bridgehead atoms. The van der Waals surface area contributed by atoms with E-state index in [1.807, 2.05) is 0 Å². The fraction of sp³-hybridized carbons (Fsp3) is 0.455. The van der Waals surface area contributed by atoms with Gasteiger partial charge in [-0.25, -0.2) is 4.39 Å². The Labute approximate surface area is 93.2 Å². The van der Waals surface area contributed by atoms with Crippen molar-refractivity contribution in [1.29, 1.82) is 0 Å². The van der Waals surface area contributed by atoms with Gasteiger partial charge in [0.25, 0.3) is 0 Å². The van der Waals surface area contributed by atoms with E-state index in [2.05, 4.69) is 0 Å². The van der Waals surface area contributed by atoms with E-state index in [0.29, 0.717) is 6.54 Å². The molecule has 15 heavy (non-hydrogen) atoms. The molecule has 0 aliphatic heterocycles. The highest BCUT2D eigenvalue weighted by molar-refractivity contribution is 6.31. The van der Waals surface area contributed by atoms with Crippen LogP contribution < -0.4 is 10.5 Å². The minimum atomic E-state index is -0.504. The summed E-state index contributed by atoms with van der Waals surface area (Å²) in [6.45, 7) is 0.568. The van der Waals surface area contributed by atoms with E-state index in [4.69, 9.17) is 22.1 Å². The zero-order valence-electron chi connectivity index (χ0n) is 8.52. The van der Waals surface area contributed by atoms with Gasteiger partial charge >= 0.3 is 0 Å². The van der Waals surface area contributed by atoms with Crippen molar-refractivity contribution >= 4 is 11.6 Å². The molecule has 0 atom stereocenters. The van der Waals surface area contributed by atoms with E-state index in [-0.39, 0.29) is 16.2 Å². The van der Waals surface area contributed by atoms with Crippen LogP contribution in [0.5, 0.6) is 5.75 Å². The molecule has 0 unspecified atom stereocenters. The number of halogens is 2. The lowest BCUT2D eigenvalue weighted by atomic mass is 9.96. The second kappa shape index (κ2) is 3.65. The van der Waals surface area contributed by atoms with Crippen molar-refractivity contribution < 1.29 is 9.13 Å². The minimum Gasteiger partial charge on any atom is -0.494 e. The van der Waals surface area contributed by atoms with E-state index in [9.17, 15) is 4.39 Å². The van der Waals surface area contributed by atoms with Crippen molar-refractivity contribution in [2.24, 2.45) is 5.73 Å². The van der Waals surface area contributed by atoms with Gasteiger partial charge in [-0.15, -0.1) is 0 Å². The molecule has 4 heteroatoms. The molecule has 1 aliphatic carbocycles. The van der Waals surface area contributed by atoms with Gasteiger partial charge in [0.05, 0.1) is 12.1 Å². The highest BCUT2D eigenvalue weighted by atomic mass is 35.5. The highest BCUT2D eigenvalue weighted by Crippen LogP contribution is 2.49. The van der Waals surface area contributed by atoms with Gasteiger partial charge in [-0.1, -0.05) is 11.6 Å². The number of hydrogen-bond donors (Lipinski definition) is 1. The lowest BCUT2D eigenvalue weighted by Gasteiger charge is -2.15. The Morgan fingerprint density at radius 3 is 2.67 bits per heavy atom. The maximum atomic E-state index is 13.4. The molecule has 2 rings (SSSR count). The molecular weight excluding hydrogens is 217 g/mol. The van der Waals surface area contributed by atoms with Crippen LogP contribution in [0, 0.1) is 5.82 Å². The zero-order valence-corrected chi connectivity index (χ0v) is 9.27. The fourth-order valence-corrected chi connectivity index (χ4v) is 1.99. The van der Waals surface area contributed by atoms with Crippen LogP contribution in [0.15, 0.2) is 12.1 Å². The second-order valence-corrected chi connectivity index (χ2v) is 4.37. The summed E-state index contributed by atoms with van der Waals surface area (Å²) in [5, 5.41) is 0.101. The van der Waals surface area contributed by atoms with Gasteiger partial charge in [0.15, 0.2) is 11.6 Å². The summed E-state index contributed by atoms with van der Waals surface area (Å²) >= 11 is 5.79. The Morgan fingerprint density at radius 2 is 2.20 bits per heavy atom. The molecule has 1 fully saturated rings. The Bertz CT molecular complexity index is 390. The minimum absolute atomic E-state index is 0.00458. The molecule has 0 spiro atoms. The van der Waals surface area contributed by atoms with Crippen LogP contribution >= 0.6 is 11.6 Å². The topological polar surface area (TPSA) is 35.2 Å². The van der Waals surface area contributed by atoms with Crippen molar-refractivity contribution in [1.82, 2.24) is 0 Å². The first-order chi connectivity index (χ1) is 7.13. The van der Waals surface area contributed by atoms with E-state index in [1.54, 1.807) is 12.1 Å². The third-order valence-electron chi connectivity index (χ3n) is 3.07. The van der Waals surface area contributed by atoms with E-state index >= 15 is 0 Å². The second-order valence-electron chi connectivity index (χ2n) is 3.96. The third kappa shape index (κ3) is 1.70. The van der Waals surface area contributed by atoms with Crippen LogP contribution in [0.3, 0.4) is 0 Å². The quantitative estimate of drug-likeness (QED) is 0.864. The summed E-state index contributed by atoms with van der Waals surface area (Å²) in [7, 11) is 1.43. The van der Waals surface area contributed by atoms with Crippen molar-refractivity contribution in [3.8, 4) is 5.75 Å². The maximum Gasteiger partial charge on any atom is 0.183 e. The van der Waals surface area contributed by atoms with Gasteiger partial charge in [-0.2, -0.15) is 0 Å². The Kier molecular flexibility index (Phi) is 2.61. The number of ether oxygens (including phenoxy) is 1. The monoisotopic (exact) mass is 229 g/mol. The molecule has 0 saturated heterocycles. The van der Waals surface area contributed by atoms with Crippen LogP contribution in [-0.2, 0) is 5.41 Å². The average molecular weight is 230 g/mol. The molecule has 0 radical (unpaired) electrons. The number of methoxy groups -OCH3 is 1. The maximum absolute atomic E-state index is 13.4. The zero-order chi connectivity index (χ0) is 11.1. The summed E-state index contributed by atoms with van der Waals surface area (Å²) < 4.78 is 18.3. The lowest BCUT2D eigenvalue weighted by molar-refractivity contribution is 0.385. The summed E-state index contributed by atoms with van der Waals surface area (Å²) in [5.41, 5.74) is 6.69. The van der Waals surface area contributed by atoms with Gasteiger partial charge < -0.3 is 10.5 Å². The predicted octanol–water partition coefficient (Wildman–Crippen LogP) is 2.48. The molecule has 0 amide bonds. The van der Waals surface area contributed by atoms with Gasteiger partial charge in [0, 0.05) is 12.0 Å². The first kappa shape index (κ1) is 10.7. The smallest absolute Gasteiger partial charge is 0.183 e. The largest absolute Gasteiger partial charge is 0.494 e. The summed E-state index contributed by atoms with van der Waals surface area (Å²) in [4.78, 5) is 0. The van der Waals surface area contributed by atoms with Crippen LogP contribution in [0.25, 0.3) is 0 Å². The summed E-state index contributed by atoms with van der Waals surface area (Å²) in [6, 6.07) is 3.35. The molecule has 1 aliphatic rings. The van der Waals surface area contributed by atoms with Gasteiger partial charge in [0.1, 0.15) is 0 Å². The fourth-order valence-electron chi connectivity index (χ4n) is 1.78. The first-order valence-corrected chi connectivity index (χ1v) is 5.24. The van der Waals surface area contributed by atoms with Crippen molar-refractivity contribution in [3.05, 3.63) is 28.5 Å². The first-order valence-electron chi connectivity index (χ1n) is 4.86. The Balaban J connectivity index is 2.46. The van der Waals surface area contributed by atoms with Crippen LogP contribution in [0.2, 0.25) is 5.02 Å². The standard InChI is InChI=1S/C11H13ClFNO/c1-15-9-5-7(4-8(12)10(9)13)11(6-14)2-3-11/h4-5H,2-3,6,14H2,1H3.